The van der Waals surface area contributed by atoms with Gasteiger partial charge in [0, 0.05) is 26.1 Å². The Morgan fingerprint density at radius 3 is 2.35 bits per heavy atom. The number of nitrogens with zero attached hydrogens (tertiary/aromatic N) is 2. The van der Waals surface area contributed by atoms with Gasteiger partial charge in [-0.05, 0) is 58.8 Å². The molecule has 0 aromatic carbocycles. The fourth-order valence-electron chi connectivity index (χ4n) is 4.40. The van der Waals surface area contributed by atoms with Crippen LogP contribution in [0.3, 0.4) is 0 Å². The first kappa shape index (κ1) is 28.0. The summed E-state index contributed by atoms with van der Waals surface area (Å²) in [5, 5.41) is 12.3. The molecule has 2 rings (SSSR count). The van der Waals surface area contributed by atoms with Gasteiger partial charge >= 0.3 is 6.03 Å². The highest BCUT2D eigenvalue weighted by Gasteiger charge is 2.50. The number of hydroxylamine groups is 1. The summed E-state index contributed by atoms with van der Waals surface area (Å²) in [5.74, 6) is -1.73. The lowest BCUT2D eigenvalue weighted by atomic mass is 9.82. The van der Waals surface area contributed by atoms with Gasteiger partial charge in [-0.3, -0.25) is 24.5 Å². The standard InChI is InChI=1S/C23H40N4O7/c1-6-33-14-34-13-18(24-19(28)16-9-7-15(2)8-10-16)11-17(20(29)25-32)12-27-21(30)23(3,4)26(5)22(27)31/h15-18,32H,6-14H2,1-5H3,(H,24,28)(H,25,29)/t15-,16-,17-,18+/m1/s1. The first-order chi connectivity index (χ1) is 16.0. The molecule has 0 unspecified atom stereocenters. The van der Waals surface area contributed by atoms with Crippen LogP contribution in [-0.4, -0.2) is 83.9 Å². The Kier molecular flexibility index (Phi) is 10.3. The SMILES string of the molecule is CCOCOC[C@H](C[C@H](CN1C(=O)N(C)C(C)(C)C1=O)C(=O)NO)NC(=O)[C@H]1CC[C@H](C)CC1. The highest BCUT2D eigenvalue weighted by Crippen LogP contribution is 2.29. The number of carbonyl (C=O) groups is 4. The van der Waals surface area contributed by atoms with Crippen LogP contribution in [0, 0.1) is 17.8 Å². The zero-order valence-corrected chi connectivity index (χ0v) is 21.0. The third-order valence-corrected chi connectivity index (χ3v) is 7.00. The fraction of sp³-hybridized carbons (Fsp3) is 0.826. The predicted molar refractivity (Wildman–Crippen MR) is 122 cm³/mol. The van der Waals surface area contributed by atoms with Crippen molar-refractivity contribution in [2.24, 2.45) is 17.8 Å². The Hall–Kier alpha value is -2.24. The average Bonchev–Trinajstić information content (AvgIpc) is 2.95. The number of imide groups is 1. The topological polar surface area (TPSA) is 138 Å². The average molecular weight is 485 g/mol. The minimum atomic E-state index is -1.04. The van der Waals surface area contributed by atoms with E-state index in [1.54, 1.807) is 19.3 Å². The molecule has 0 aromatic rings. The van der Waals surface area contributed by atoms with Gasteiger partial charge in [-0.2, -0.15) is 0 Å². The van der Waals surface area contributed by atoms with Crippen molar-refractivity contribution in [3.63, 3.8) is 0 Å². The van der Waals surface area contributed by atoms with E-state index in [4.69, 9.17) is 9.47 Å². The summed E-state index contributed by atoms with van der Waals surface area (Å²) < 4.78 is 10.7. The van der Waals surface area contributed by atoms with Crippen molar-refractivity contribution in [1.82, 2.24) is 20.6 Å². The molecule has 0 bridgehead atoms. The second kappa shape index (κ2) is 12.5. The largest absolute Gasteiger partial charge is 0.356 e. The van der Waals surface area contributed by atoms with Crippen molar-refractivity contribution < 1.29 is 33.9 Å². The van der Waals surface area contributed by atoms with E-state index in [9.17, 15) is 24.4 Å². The van der Waals surface area contributed by atoms with Gasteiger partial charge in [-0.25, -0.2) is 10.3 Å². The molecule has 1 aliphatic heterocycles. The number of amides is 5. The molecule has 3 N–H and O–H groups in total. The lowest BCUT2D eigenvalue weighted by Gasteiger charge is -2.29. The Labute approximate surface area is 201 Å². The highest BCUT2D eigenvalue weighted by atomic mass is 16.7. The number of rotatable bonds is 12. The maximum Gasteiger partial charge on any atom is 0.327 e. The van der Waals surface area contributed by atoms with Crippen molar-refractivity contribution >= 4 is 23.8 Å². The quantitative estimate of drug-likeness (QED) is 0.125. The van der Waals surface area contributed by atoms with Crippen LogP contribution in [0.2, 0.25) is 0 Å². The van der Waals surface area contributed by atoms with E-state index in [0.717, 1.165) is 30.6 Å². The van der Waals surface area contributed by atoms with Gasteiger partial charge in [0.15, 0.2) is 0 Å². The second-order valence-electron chi connectivity index (χ2n) is 9.87. The molecule has 11 nitrogen and oxygen atoms in total. The Bertz CT molecular complexity index is 737. The van der Waals surface area contributed by atoms with Gasteiger partial charge in [-0.15, -0.1) is 0 Å². The maximum atomic E-state index is 12.9. The monoisotopic (exact) mass is 484 g/mol. The fourth-order valence-corrected chi connectivity index (χ4v) is 4.40. The van der Waals surface area contributed by atoms with Gasteiger partial charge < -0.3 is 19.7 Å². The van der Waals surface area contributed by atoms with Crippen LogP contribution in [0.5, 0.6) is 0 Å². The van der Waals surface area contributed by atoms with Gasteiger partial charge in [0.2, 0.25) is 11.8 Å². The summed E-state index contributed by atoms with van der Waals surface area (Å²) in [7, 11) is 1.52. The van der Waals surface area contributed by atoms with Crippen LogP contribution in [-0.2, 0) is 23.9 Å². The van der Waals surface area contributed by atoms with Gasteiger partial charge in [0.05, 0.1) is 18.6 Å². The molecule has 11 heteroatoms. The van der Waals surface area contributed by atoms with E-state index >= 15 is 0 Å². The number of ether oxygens (including phenoxy) is 2. The number of hydrogen-bond acceptors (Lipinski definition) is 7. The van der Waals surface area contributed by atoms with E-state index in [0.29, 0.717) is 12.5 Å². The first-order valence-corrected chi connectivity index (χ1v) is 12.0. The molecular weight excluding hydrogens is 444 g/mol. The van der Waals surface area contributed by atoms with E-state index < -0.39 is 35.3 Å². The molecule has 34 heavy (non-hydrogen) atoms. The molecule has 0 aromatic heterocycles. The molecule has 1 heterocycles. The predicted octanol–water partition coefficient (Wildman–Crippen LogP) is 1.49. The minimum Gasteiger partial charge on any atom is -0.356 e. The molecule has 2 fully saturated rings. The second-order valence-corrected chi connectivity index (χ2v) is 9.87. The Balaban J connectivity index is 2.12. The number of carbonyl (C=O) groups excluding carboxylic acids is 4. The Morgan fingerprint density at radius 2 is 1.82 bits per heavy atom. The molecule has 2 aliphatic rings. The van der Waals surface area contributed by atoms with Crippen LogP contribution in [0.15, 0.2) is 0 Å². The van der Waals surface area contributed by atoms with Gasteiger partial charge in [0.25, 0.3) is 5.91 Å². The summed E-state index contributed by atoms with van der Waals surface area (Å²) in [6.45, 7) is 7.62. The minimum absolute atomic E-state index is 0.0305. The molecule has 5 amide bonds. The number of urea groups is 1. The lowest BCUT2D eigenvalue weighted by Crippen LogP contribution is -2.48. The molecule has 1 aliphatic carbocycles. The summed E-state index contributed by atoms with van der Waals surface area (Å²) in [6, 6.07) is -1.09. The van der Waals surface area contributed by atoms with Gasteiger partial charge in [-0.1, -0.05) is 6.92 Å². The van der Waals surface area contributed by atoms with E-state index in [-0.39, 0.29) is 38.2 Å². The van der Waals surface area contributed by atoms with Gasteiger partial charge in [0.1, 0.15) is 12.3 Å². The lowest BCUT2D eigenvalue weighted by molar-refractivity contribution is -0.138. The van der Waals surface area contributed by atoms with Crippen molar-refractivity contribution in [3.8, 4) is 0 Å². The first-order valence-electron chi connectivity index (χ1n) is 12.0. The summed E-state index contributed by atoms with van der Waals surface area (Å²) in [6.07, 6.45) is 3.65. The summed E-state index contributed by atoms with van der Waals surface area (Å²) in [5.41, 5.74) is 0.586. The van der Waals surface area contributed by atoms with E-state index in [1.165, 1.54) is 11.9 Å². The zero-order valence-electron chi connectivity index (χ0n) is 21.0. The molecule has 2 atom stereocenters. The van der Waals surface area contributed by atoms with E-state index in [2.05, 4.69) is 12.2 Å². The molecular formula is C23H40N4O7. The van der Waals surface area contributed by atoms with Crippen LogP contribution >= 0.6 is 0 Å². The van der Waals surface area contributed by atoms with Crippen LogP contribution < -0.4 is 10.8 Å². The van der Waals surface area contributed by atoms with Crippen molar-refractivity contribution in [2.75, 3.05) is 33.6 Å². The summed E-state index contributed by atoms with van der Waals surface area (Å²) >= 11 is 0. The number of likely N-dealkylation sites (N-methyl/N-ethyl adjacent to an activating group) is 1. The molecule has 1 saturated carbocycles. The maximum absolute atomic E-state index is 12.9. The van der Waals surface area contributed by atoms with E-state index in [1.807, 2.05) is 6.92 Å². The van der Waals surface area contributed by atoms with Crippen molar-refractivity contribution in [2.45, 2.75) is 71.4 Å². The number of hydrogen-bond donors (Lipinski definition) is 3. The van der Waals surface area contributed by atoms with Crippen molar-refractivity contribution in [1.29, 1.82) is 0 Å². The van der Waals surface area contributed by atoms with Crippen LogP contribution in [0.1, 0.15) is 59.8 Å². The third kappa shape index (κ3) is 6.89. The number of nitrogens with one attached hydrogen (secondary N) is 2. The van der Waals surface area contributed by atoms with Crippen molar-refractivity contribution in [3.05, 3.63) is 0 Å². The molecule has 194 valence electrons. The highest BCUT2D eigenvalue weighted by molar-refractivity contribution is 6.06. The smallest absolute Gasteiger partial charge is 0.327 e. The van der Waals surface area contributed by atoms with Crippen LogP contribution in [0.25, 0.3) is 0 Å². The molecule has 1 saturated heterocycles. The molecule has 0 spiro atoms. The summed E-state index contributed by atoms with van der Waals surface area (Å²) in [4.78, 5) is 53.2. The van der Waals surface area contributed by atoms with Crippen LogP contribution in [0.4, 0.5) is 4.79 Å². The zero-order chi connectivity index (χ0) is 25.5. The Morgan fingerprint density at radius 1 is 1.18 bits per heavy atom. The third-order valence-electron chi connectivity index (χ3n) is 7.00. The normalized spacial score (nSPS) is 24.2. The molecule has 0 radical (unpaired) electrons.